The van der Waals surface area contributed by atoms with Crippen LogP contribution >= 0.6 is 11.6 Å². The molecule has 1 aliphatic rings. The Kier molecular flexibility index (Phi) is 5.66. The summed E-state index contributed by atoms with van der Waals surface area (Å²) in [6.07, 6.45) is -3.56. The smallest absolute Gasteiger partial charge is 0.363 e. The van der Waals surface area contributed by atoms with Crippen LogP contribution in [0.1, 0.15) is 45.6 Å². The van der Waals surface area contributed by atoms with Crippen LogP contribution in [-0.4, -0.2) is 21.9 Å². The Bertz CT molecular complexity index is 1090. The molecule has 1 aromatic heterocycles. The fourth-order valence-electron chi connectivity index (χ4n) is 3.66. The van der Waals surface area contributed by atoms with Crippen LogP contribution in [0.2, 0.25) is 5.02 Å². The lowest BCUT2D eigenvalue weighted by Gasteiger charge is -2.34. The Hall–Kier alpha value is -3.00. The number of carbonyl (C=O) groups excluding carboxylic acids is 1. The molecule has 3 aromatic rings. The Morgan fingerprint density at radius 1 is 1.23 bits per heavy atom. The lowest BCUT2D eigenvalue weighted by molar-refractivity contribution is -0.173. The fraction of sp³-hybridized carbons (Fsp3) is 0.273. The largest absolute Gasteiger partial charge is 0.410 e. The highest BCUT2D eigenvalue weighted by Gasteiger charge is 2.47. The molecule has 1 aliphatic heterocycles. The second-order valence-corrected chi connectivity index (χ2v) is 7.93. The molecule has 0 radical (unpaired) electrons. The zero-order valence-electron chi connectivity index (χ0n) is 16.6. The minimum Gasteiger partial charge on any atom is -0.363 e. The van der Waals surface area contributed by atoms with E-state index in [1.165, 1.54) is 6.20 Å². The molecule has 0 spiro atoms. The number of fused-ring (bicyclic) bond motifs is 1. The number of aromatic nitrogens is 2. The summed E-state index contributed by atoms with van der Waals surface area (Å²) in [6, 6.07) is 11.9. The molecule has 4 rings (SSSR count). The van der Waals surface area contributed by atoms with Crippen molar-refractivity contribution in [2.24, 2.45) is 0 Å². The molecule has 1 amide bonds. The maximum atomic E-state index is 13.8. The maximum Gasteiger partial charge on any atom is 0.410 e. The number of aryl methyl sites for hydroxylation is 1. The minimum atomic E-state index is -4.50. The van der Waals surface area contributed by atoms with Crippen molar-refractivity contribution >= 4 is 23.3 Å². The van der Waals surface area contributed by atoms with Crippen LogP contribution in [0, 0.1) is 6.92 Å². The molecule has 2 aromatic carbocycles. The predicted octanol–water partition coefficient (Wildman–Crippen LogP) is 5.44. The molecule has 9 heteroatoms. The summed E-state index contributed by atoms with van der Waals surface area (Å²) in [7, 11) is 0. The molecule has 0 saturated carbocycles. The summed E-state index contributed by atoms with van der Waals surface area (Å²) in [5.41, 5.74) is 2.49. The first-order valence-corrected chi connectivity index (χ1v) is 10.1. The van der Waals surface area contributed by atoms with E-state index in [9.17, 15) is 18.0 Å². The molecular weight excluding hydrogens is 429 g/mol. The highest BCUT2D eigenvalue weighted by Crippen LogP contribution is 2.44. The van der Waals surface area contributed by atoms with Crippen molar-refractivity contribution in [1.29, 1.82) is 0 Å². The van der Waals surface area contributed by atoms with Crippen LogP contribution in [0.4, 0.5) is 19.0 Å². The van der Waals surface area contributed by atoms with Crippen molar-refractivity contribution in [3.8, 4) is 0 Å². The van der Waals surface area contributed by atoms with Gasteiger partial charge in [0.25, 0.3) is 5.91 Å². The average molecular weight is 449 g/mol. The highest BCUT2D eigenvalue weighted by molar-refractivity contribution is 6.31. The number of nitrogens with one attached hydrogen (secondary N) is 2. The zero-order chi connectivity index (χ0) is 22.2. The first kappa shape index (κ1) is 21.2. The van der Waals surface area contributed by atoms with Gasteiger partial charge in [-0.05, 0) is 24.1 Å². The van der Waals surface area contributed by atoms with Gasteiger partial charge >= 0.3 is 6.18 Å². The molecule has 162 valence electrons. The van der Waals surface area contributed by atoms with Crippen molar-refractivity contribution in [2.75, 3.05) is 5.32 Å². The molecule has 0 unspecified atom stereocenters. The van der Waals surface area contributed by atoms with Crippen molar-refractivity contribution < 1.29 is 18.0 Å². The van der Waals surface area contributed by atoms with E-state index in [0.29, 0.717) is 10.6 Å². The van der Waals surface area contributed by atoms with Gasteiger partial charge in [-0.3, -0.25) is 4.79 Å². The second-order valence-electron chi connectivity index (χ2n) is 7.53. The normalized spacial score (nSPS) is 18.2. The number of hydrogen-bond acceptors (Lipinski definition) is 3. The molecule has 0 saturated heterocycles. The van der Waals surface area contributed by atoms with Gasteiger partial charge in [0.2, 0.25) is 0 Å². The number of rotatable bonds is 4. The number of nitrogens with zero attached hydrogens (tertiary/aromatic N) is 2. The molecule has 2 heterocycles. The van der Waals surface area contributed by atoms with Crippen LogP contribution in [0.25, 0.3) is 0 Å². The Morgan fingerprint density at radius 3 is 2.61 bits per heavy atom. The monoisotopic (exact) mass is 448 g/mol. The number of amides is 1. The third-order valence-corrected chi connectivity index (χ3v) is 5.73. The van der Waals surface area contributed by atoms with Gasteiger partial charge in [-0.15, -0.1) is 0 Å². The molecule has 2 N–H and O–H groups in total. The predicted molar refractivity (Wildman–Crippen MR) is 112 cm³/mol. The van der Waals surface area contributed by atoms with Gasteiger partial charge in [-0.25, -0.2) is 4.68 Å². The quantitative estimate of drug-likeness (QED) is 0.559. The molecule has 0 fully saturated rings. The molecule has 0 bridgehead atoms. The van der Waals surface area contributed by atoms with Gasteiger partial charge in [-0.2, -0.15) is 18.3 Å². The van der Waals surface area contributed by atoms with Crippen molar-refractivity contribution in [3.05, 3.63) is 82.0 Å². The second kappa shape index (κ2) is 8.26. The van der Waals surface area contributed by atoms with Crippen LogP contribution in [-0.2, 0) is 6.54 Å². The lowest BCUT2D eigenvalue weighted by atomic mass is 9.96. The highest BCUT2D eigenvalue weighted by atomic mass is 35.5. The molecule has 5 nitrogen and oxygen atoms in total. The molecule has 0 aliphatic carbocycles. The summed E-state index contributed by atoms with van der Waals surface area (Å²) < 4.78 is 42.2. The van der Waals surface area contributed by atoms with E-state index in [1.807, 2.05) is 19.1 Å². The van der Waals surface area contributed by atoms with Crippen molar-refractivity contribution in [2.45, 2.75) is 38.1 Å². The Labute approximate surface area is 182 Å². The summed E-state index contributed by atoms with van der Waals surface area (Å²) in [5.74, 6) is -0.477. The standard InChI is InChI=1S/C22H20ClF3N4O/c1-13-6-8-14(9-7-13)18-10-19(22(24,25)26)30-20(29-18)16(12-28-30)21(31)27-11-15-4-2-3-5-17(15)23/h2-9,12,18-19,29H,10-11H2,1H3,(H,27,31)/t18-,19-/m0/s1. The molecular formula is C22H20ClF3N4O. The van der Waals surface area contributed by atoms with Crippen LogP contribution in [0.5, 0.6) is 0 Å². The third kappa shape index (κ3) is 4.39. The minimum absolute atomic E-state index is 0.0517. The summed E-state index contributed by atoms with van der Waals surface area (Å²) in [5, 5.41) is 10.2. The molecule has 2 atom stereocenters. The third-order valence-electron chi connectivity index (χ3n) is 5.36. The fourth-order valence-corrected chi connectivity index (χ4v) is 3.86. The first-order chi connectivity index (χ1) is 14.7. The van der Waals surface area contributed by atoms with Gasteiger partial charge < -0.3 is 10.6 Å². The Balaban J connectivity index is 1.62. The van der Waals surface area contributed by atoms with E-state index in [2.05, 4.69) is 15.7 Å². The van der Waals surface area contributed by atoms with Crippen molar-refractivity contribution in [3.63, 3.8) is 0 Å². The maximum absolute atomic E-state index is 13.8. The van der Waals surface area contributed by atoms with Crippen molar-refractivity contribution in [1.82, 2.24) is 15.1 Å². The first-order valence-electron chi connectivity index (χ1n) is 9.73. The van der Waals surface area contributed by atoms with E-state index in [-0.39, 0.29) is 24.3 Å². The number of carbonyl (C=O) groups is 1. The molecule has 31 heavy (non-hydrogen) atoms. The SMILES string of the molecule is Cc1ccc([C@@H]2C[C@@H](C(F)(F)F)n3ncc(C(=O)NCc4ccccc4Cl)c3N2)cc1. The number of halogens is 4. The zero-order valence-corrected chi connectivity index (χ0v) is 17.3. The van der Waals surface area contributed by atoms with Gasteiger partial charge in [0, 0.05) is 18.0 Å². The summed E-state index contributed by atoms with van der Waals surface area (Å²) in [4.78, 5) is 12.8. The topological polar surface area (TPSA) is 59.0 Å². The van der Waals surface area contributed by atoms with Crippen LogP contribution < -0.4 is 10.6 Å². The van der Waals surface area contributed by atoms with Gasteiger partial charge in [-0.1, -0.05) is 59.6 Å². The lowest BCUT2D eigenvalue weighted by Crippen LogP contribution is -2.36. The van der Waals surface area contributed by atoms with Gasteiger partial charge in [0.1, 0.15) is 11.4 Å². The van der Waals surface area contributed by atoms with E-state index in [1.54, 1.807) is 36.4 Å². The van der Waals surface area contributed by atoms with E-state index >= 15 is 0 Å². The number of anilines is 1. The van der Waals surface area contributed by atoms with Gasteiger partial charge in [0.15, 0.2) is 6.04 Å². The van der Waals surface area contributed by atoms with E-state index in [4.69, 9.17) is 11.6 Å². The van der Waals surface area contributed by atoms with Crippen LogP contribution in [0.15, 0.2) is 54.7 Å². The number of hydrogen-bond donors (Lipinski definition) is 2. The van der Waals surface area contributed by atoms with E-state index in [0.717, 1.165) is 15.8 Å². The summed E-state index contributed by atoms with van der Waals surface area (Å²) >= 11 is 6.11. The number of benzene rings is 2. The Morgan fingerprint density at radius 2 is 1.94 bits per heavy atom. The van der Waals surface area contributed by atoms with Gasteiger partial charge in [0.05, 0.1) is 12.2 Å². The van der Waals surface area contributed by atoms with E-state index < -0.39 is 24.2 Å². The number of alkyl halides is 3. The average Bonchev–Trinajstić information content (AvgIpc) is 3.16. The summed E-state index contributed by atoms with van der Waals surface area (Å²) in [6.45, 7) is 2.06. The van der Waals surface area contributed by atoms with Crippen LogP contribution in [0.3, 0.4) is 0 Å².